The molecule has 2 rings (SSSR count). The van der Waals surface area contributed by atoms with Gasteiger partial charge in [0.05, 0.1) is 18.8 Å². The third-order valence-electron chi connectivity index (χ3n) is 3.88. The van der Waals surface area contributed by atoms with E-state index in [9.17, 15) is 32.9 Å². The number of halogens is 3. The van der Waals surface area contributed by atoms with Crippen LogP contribution in [0.5, 0.6) is 5.75 Å². The first-order chi connectivity index (χ1) is 14.5. The van der Waals surface area contributed by atoms with Gasteiger partial charge in [-0.25, -0.2) is 9.59 Å². The quantitative estimate of drug-likeness (QED) is 0.193. The molecule has 1 aromatic rings. The van der Waals surface area contributed by atoms with Crippen molar-refractivity contribution < 1.29 is 51.6 Å². The van der Waals surface area contributed by atoms with E-state index in [1.165, 1.54) is 0 Å². The molecule has 0 bridgehead atoms. The number of aryl methyl sites for hydroxylation is 2. The second-order valence-electron chi connectivity index (χ2n) is 6.34. The lowest BCUT2D eigenvalue weighted by molar-refractivity contribution is -0.757. The van der Waals surface area contributed by atoms with Gasteiger partial charge in [-0.15, -0.1) is 10.1 Å². The molecule has 0 radical (unpaired) electrons. The van der Waals surface area contributed by atoms with Gasteiger partial charge in [-0.05, 0) is 31.6 Å². The van der Waals surface area contributed by atoms with Crippen LogP contribution in [-0.2, 0) is 23.8 Å². The fraction of sp³-hybridized carbons (Fsp3) is 0.444. The van der Waals surface area contributed by atoms with Gasteiger partial charge in [0.2, 0.25) is 12.9 Å². The van der Waals surface area contributed by atoms with Crippen molar-refractivity contribution in [3.05, 3.63) is 44.5 Å². The molecule has 0 N–H and O–H groups in total. The Bertz CT molecular complexity index is 883. The minimum absolute atomic E-state index is 0.00496. The zero-order valence-corrected chi connectivity index (χ0v) is 16.4. The van der Waals surface area contributed by atoms with E-state index in [4.69, 9.17) is 4.74 Å². The van der Waals surface area contributed by atoms with Gasteiger partial charge in [-0.1, -0.05) is 11.6 Å². The summed E-state index contributed by atoms with van der Waals surface area (Å²) in [4.78, 5) is 37.5. The highest BCUT2D eigenvalue weighted by Gasteiger charge is 2.49. The van der Waals surface area contributed by atoms with Crippen LogP contribution in [-0.4, -0.2) is 49.5 Å². The van der Waals surface area contributed by atoms with Gasteiger partial charge in [-0.2, -0.15) is 13.2 Å². The molecule has 1 aliphatic rings. The third-order valence-corrected chi connectivity index (χ3v) is 3.88. The van der Waals surface area contributed by atoms with E-state index < -0.39 is 41.9 Å². The summed E-state index contributed by atoms with van der Waals surface area (Å²) in [6.45, 7) is 1.70. The predicted molar refractivity (Wildman–Crippen MR) is 95.3 cm³/mol. The minimum Gasteiger partial charge on any atom is -0.475 e. The molecule has 0 saturated heterocycles. The third kappa shape index (κ3) is 6.76. The predicted octanol–water partition coefficient (Wildman–Crippen LogP) is 3.26. The molecule has 1 atom stereocenters. The van der Waals surface area contributed by atoms with E-state index in [2.05, 4.69) is 19.0 Å². The van der Waals surface area contributed by atoms with Crippen LogP contribution in [0.15, 0.2) is 17.7 Å². The average molecular weight is 449 g/mol. The summed E-state index contributed by atoms with van der Waals surface area (Å²) in [5.41, 5.74) is 0.702. The summed E-state index contributed by atoms with van der Waals surface area (Å²) in [7, 11) is 0. The van der Waals surface area contributed by atoms with Gasteiger partial charge in [-0.3, -0.25) is 0 Å². The van der Waals surface area contributed by atoms with Gasteiger partial charge >= 0.3 is 18.3 Å². The van der Waals surface area contributed by atoms with Gasteiger partial charge in [0.1, 0.15) is 5.75 Å². The van der Waals surface area contributed by atoms with Crippen molar-refractivity contribution in [3.8, 4) is 5.75 Å². The summed E-state index contributed by atoms with van der Waals surface area (Å²) in [6.07, 6.45) is -7.72. The molecule has 0 fully saturated rings. The standard InChI is InChI=1S/C18H18F3NO9/c1-10-6-11(2)14-12(7-10)8-13(15(31-14)18(19,20)21)16(23)28-9-29-17(24)27-4-3-5-30-22(25)26/h6-8,15H,3-5,9H2,1-2H3/t15-/m0/s1. The summed E-state index contributed by atoms with van der Waals surface area (Å²) in [6, 6.07) is 3.20. The minimum atomic E-state index is -4.90. The smallest absolute Gasteiger partial charge is 0.475 e. The van der Waals surface area contributed by atoms with E-state index >= 15 is 0 Å². The zero-order valence-electron chi connectivity index (χ0n) is 16.4. The molecule has 10 nitrogen and oxygen atoms in total. The summed E-state index contributed by atoms with van der Waals surface area (Å²) in [5.74, 6) is -1.38. The zero-order chi connectivity index (χ0) is 23.2. The molecule has 0 saturated carbocycles. The Balaban J connectivity index is 1.96. The molecule has 1 heterocycles. The number of hydrogen-bond donors (Lipinski definition) is 0. The van der Waals surface area contributed by atoms with Crippen molar-refractivity contribution in [2.45, 2.75) is 32.5 Å². The van der Waals surface area contributed by atoms with Crippen LogP contribution in [0.2, 0.25) is 0 Å². The van der Waals surface area contributed by atoms with E-state index in [1.807, 2.05) is 0 Å². The van der Waals surface area contributed by atoms with Crippen molar-refractivity contribution in [2.24, 2.45) is 0 Å². The fourth-order valence-electron chi connectivity index (χ4n) is 2.70. The molecule has 1 aliphatic heterocycles. The first kappa shape index (κ1) is 23.8. The molecule has 0 unspecified atom stereocenters. The van der Waals surface area contributed by atoms with E-state index in [0.717, 1.165) is 11.6 Å². The SMILES string of the molecule is Cc1cc(C)c2c(c1)C=C(C(=O)OCOC(=O)OCCCO[N+](=O)[O-])[C@@H](C(F)(F)F)O2. The number of benzene rings is 1. The Labute approximate surface area is 173 Å². The van der Waals surface area contributed by atoms with Crippen molar-refractivity contribution in [1.29, 1.82) is 0 Å². The number of rotatable bonds is 8. The van der Waals surface area contributed by atoms with Crippen LogP contribution in [0.3, 0.4) is 0 Å². The lowest BCUT2D eigenvalue weighted by Gasteiger charge is -2.29. The van der Waals surface area contributed by atoms with Crippen molar-refractivity contribution in [3.63, 3.8) is 0 Å². The Kier molecular flexibility index (Phi) is 7.67. The Morgan fingerprint density at radius 3 is 2.52 bits per heavy atom. The largest absolute Gasteiger partial charge is 0.511 e. The Morgan fingerprint density at radius 2 is 1.87 bits per heavy atom. The summed E-state index contributed by atoms with van der Waals surface area (Å²) < 4.78 is 58.9. The first-order valence-corrected chi connectivity index (χ1v) is 8.79. The van der Waals surface area contributed by atoms with Crippen LogP contribution in [0.25, 0.3) is 6.08 Å². The monoisotopic (exact) mass is 449 g/mol. The van der Waals surface area contributed by atoms with E-state index in [1.54, 1.807) is 26.0 Å². The average Bonchev–Trinajstić information content (AvgIpc) is 2.65. The highest BCUT2D eigenvalue weighted by atomic mass is 19.4. The summed E-state index contributed by atoms with van der Waals surface area (Å²) in [5, 5.41) is 8.92. The topological polar surface area (TPSA) is 123 Å². The molecule has 1 aromatic carbocycles. The van der Waals surface area contributed by atoms with Crippen LogP contribution < -0.4 is 4.74 Å². The maximum atomic E-state index is 13.4. The van der Waals surface area contributed by atoms with Crippen molar-refractivity contribution >= 4 is 18.2 Å². The highest BCUT2D eigenvalue weighted by Crippen LogP contribution is 2.39. The lowest BCUT2D eigenvalue weighted by Crippen LogP contribution is -2.41. The van der Waals surface area contributed by atoms with Gasteiger partial charge in [0.15, 0.2) is 0 Å². The number of carbonyl (C=O) groups excluding carboxylic acids is 2. The van der Waals surface area contributed by atoms with Crippen molar-refractivity contribution in [2.75, 3.05) is 20.0 Å². The molecule has 13 heteroatoms. The van der Waals surface area contributed by atoms with Gasteiger partial charge in [0, 0.05) is 12.0 Å². The molecule has 0 aliphatic carbocycles. The Morgan fingerprint density at radius 1 is 1.16 bits per heavy atom. The second-order valence-corrected chi connectivity index (χ2v) is 6.34. The van der Waals surface area contributed by atoms with Gasteiger partial charge in [0.25, 0.3) is 5.09 Å². The maximum Gasteiger partial charge on any atom is 0.511 e. The van der Waals surface area contributed by atoms with Crippen LogP contribution in [0.4, 0.5) is 18.0 Å². The fourth-order valence-corrected chi connectivity index (χ4v) is 2.70. The number of carbonyl (C=O) groups is 2. The van der Waals surface area contributed by atoms with Crippen LogP contribution in [0.1, 0.15) is 23.1 Å². The number of fused-ring (bicyclic) bond motifs is 1. The lowest BCUT2D eigenvalue weighted by atomic mass is 9.97. The van der Waals surface area contributed by atoms with E-state index in [-0.39, 0.29) is 30.9 Å². The summed E-state index contributed by atoms with van der Waals surface area (Å²) >= 11 is 0. The maximum absolute atomic E-state index is 13.4. The van der Waals surface area contributed by atoms with Crippen LogP contribution in [0, 0.1) is 24.0 Å². The number of nitrogens with zero attached hydrogens (tertiary/aromatic N) is 1. The molecule has 0 aromatic heterocycles. The number of esters is 1. The Hall–Kier alpha value is -3.51. The van der Waals surface area contributed by atoms with E-state index in [0.29, 0.717) is 5.56 Å². The number of alkyl halides is 3. The first-order valence-electron chi connectivity index (χ1n) is 8.79. The van der Waals surface area contributed by atoms with Crippen LogP contribution >= 0.6 is 0 Å². The van der Waals surface area contributed by atoms with Crippen molar-refractivity contribution in [1.82, 2.24) is 0 Å². The second kappa shape index (κ2) is 10.00. The molecule has 170 valence electrons. The molecule has 31 heavy (non-hydrogen) atoms. The van der Waals surface area contributed by atoms with Gasteiger partial charge < -0.3 is 23.8 Å². The molecular weight excluding hydrogens is 431 g/mol. The number of ether oxygens (including phenoxy) is 4. The molecular formula is C18H18F3NO9. The molecule has 0 spiro atoms. The molecule has 0 amide bonds. The normalized spacial score (nSPS) is 15.1. The number of hydrogen-bond acceptors (Lipinski definition) is 9. The highest BCUT2D eigenvalue weighted by molar-refractivity contribution is 5.96.